The van der Waals surface area contributed by atoms with Crippen LogP contribution < -0.4 is 18.9 Å². The lowest BCUT2D eigenvalue weighted by Gasteiger charge is -2.33. The van der Waals surface area contributed by atoms with E-state index in [9.17, 15) is 0 Å². The Morgan fingerprint density at radius 3 is 0.692 bits per heavy atom. The monoisotopic (exact) mass is 1450 g/mol. The van der Waals surface area contributed by atoms with E-state index in [-0.39, 0.29) is 5.41 Å². The molecule has 0 saturated carbocycles. The lowest BCUT2D eigenvalue weighted by molar-refractivity contribution is 0.295. The van der Waals surface area contributed by atoms with E-state index in [0.29, 0.717) is 26.4 Å². The van der Waals surface area contributed by atoms with Gasteiger partial charge in [0.2, 0.25) is 0 Å². The molecule has 8 rings (SSSR count). The lowest BCUT2D eigenvalue weighted by atomic mass is 9.70. The van der Waals surface area contributed by atoms with E-state index in [2.05, 4.69) is 251 Å². The van der Waals surface area contributed by atoms with Crippen LogP contribution in [-0.4, -0.2) is 26.4 Å². The summed E-state index contributed by atoms with van der Waals surface area (Å²) >= 11 is 0. The van der Waals surface area contributed by atoms with Crippen molar-refractivity contribution in [2.75, 3.05) is 26.4 Å². The van der Waals surface area contributed by atoms with Crippen LogP contribution in [0.5, 0.6) is 23.0 Å². The number of fused-ring (bicyclic) bond motifs is 3. The number of unbranched alkanes of at least 4 members (excludes halogenated alkanes) is 30. The summed E-state index contributed by atoms with van der Waals surface area (Å²) in [6, 6.07) is 49.4. The van der Waals surface area contributed by atoms with Gasteiger partial charge in [-0.15, -0.1) is 0 Å². The maximum atomic E-state index is 6.66. The van der Waals surface area contributed by atoms with Crippen molar-refractivity contribution in [1.29, 1.82) is 0 Å². The molecule has 0 fully saturated rings. The predicted octanol–water partition coefficient (Wildman–Crippen LogP) is 32.0. The Balaban J connectivity index is 0.000000426. The van der Waals surface area contributed by atoms with Gasteiger partial charge >= 0.3 is 0 Å². The van der Waals surface area contributed by atoms with E-state index in [4.69, 9.17) is 18.9 Å². The fourth-order valence-electron chi connectivity index (χ4n) is 15.1. The van der Waals surface area contributed by atoms with Crippen LogP contribution in [0.25, 0.3) is 59.7 Å². The maximum Gasteiger partial charge on any atom is 0.127 e. The molecule has 0 N–H and O–H groups in total. The molecule has 0 atom stereocenters. The van der Waals surface area contributed by atoms with Crippen molar-refractivity contribution >= 4 is 48.6 Å². The van der Waals surface area contributed by atoms with Crippen LogP contribution in [0.15, 0.2) is 133 Å². The molecule has 7 aromatic carbocycles. The first kappa shape index (κ1) is 86.9. The summed E-state index contributed by atoms with van der Waals surface area (Å²) in [7, 11) is 0. The number of ether oxygens (including phenoxy) is 4. The van der Waals surface area contributed by atoms with E-state index in [0.717, 1.165) is 82.1 Å². The van der Waals surface area contributed by atoms with Crippen LogP contribution in [0.1, 0.15) is 363 Å². The highest BCUT2D eigenvalue weighted by Gasteiger charge is 2.42. The van der Waals surface area contributed by atoms with Crippen LogP contribution in [0.4, 0.5) is 0 Å². The van der Waals surface area contributed by atoms with Gasteiger partial charge in [0.25, 0.3) is 0 Å². The van der Waals surface area contributed by atoms with Crippen LogP contribution in [0.2, 0.25) is 0 Å². The highest BCUT2D eigenvalue weighted by Crippen LogP contribution is 2.55. The fraction of sp³-hybridized carbons (Fsp3) is 0.515. The van der Waals surface area contributed by atoms with Gasteiger partial charge < -0.3 is 18.9 Å². The van der Waals surface area contributed by atoms with Gasteiger partial charge in [-0.2, -0.15) is 0 Å². The number of hydrogen-bond donors (Lipinski definition) is 0. The minimum Gasteiger partial charge on any atom is -0.493 e. The third kappa shape index (κ3) is 31.7. The molecular formula is C103H144O4. The summed E-state index contributed by atoms with van der Waals surface area (Å²) in [5.41, 5.74) is 20.6. The minimum atomic E-state index is 0.234. The van der Waals surface area contributed by atoms with Gasteiger partial charge in [0.15, 0.2) is 0 Å². The van der Waals surface area contributed by atoms with Gasteiger partial charge in [-0.3, -0.25) is 0 Å². The minimum absolute atomic E-state index is 0.234. The van der Waals surface area contributed by atoms with Crippen LogP contribution in [0, 0.1) is 27.7 Å². The molecule has 1 aliphatic carbocycles. The Hall–Kier alpha value is -7.30. The van der Waals surface area contributed by atoms with Crippen LogP contribution >= 0.6 is 0 Å². The van der Waals surface area contributed by atoms with E-state index in [1.54, 1.807) is 11.1 Å². The molecule has 580 valence electrons. The molecule has 107 heavy (non-hydrogen) atoms. The Morgan fingerprint density at radius 1 is 0.224 bits per heavy atom. The molecular weight excluding hydrogens is 1300 g/mol. The summed E-state index contributed by atoms with van der Waals surface area (Å²) in [6.07, 6.45) is 66.1. The summed E-state index contributed by atoms with van der Waals surface area (Å²) in [5, 5.41) is 0. The molecule has 0 unspecified atom stereocenters. The number of hydrogen-bond acceptors (Lipinski definition) is 4. The molecule has 0 heterocycles. The topological polar surface area (TPSA) is 36.9 Å². The first-order valence-electron chi connectivity index (χ1n) is 43.6. The zero-order chi connectivity index (χ0) is 75.8. The van der Waals surface area contributed by atoms with Gasteiger partial charge in [-0.05, 0) is 135 Å². The van der Waals surface area contributed by atoms with Crippen molar-refractivity contribution in [2.45, 2.75) is 319 Å². The Bertz CT molecular complexity index is 3430. The van der Waals surface area contributed by atoms with Crippen LogP contribution in [-0.2, 0) is 5.41 Å². The van der Waals surface area contributed by atoms with Crippen molar-refractivity contribution in [3.63, 3.8) is 0 Å². The van der Waals surface area contributed by atoms with E-state index in [1.807, 2.05) is 0 Å². The van der Waals surface area contributed by atoms with Crippen molar-refractivity contribution in [3.8, 4) is 34.1 Å². The van der Waals surface area contributed by atoms with E-state index in [1.165, 1.54) is 263 Å². The fourth-order valence-corrected chi connectivity index (χ4v) is 15.1. The highest BCUT2D eigenvalue weighted by atomic mass is 16.5. The van der Waals surface area contributed by atoms with Crippen LogP contribution in [0.3, 0.4) is 0 Å². The number of rotatable bonds is 54. The van der Waals surface area contributed by atoms with E-state index >= 15 is 0 Å². The Labute approximate surface area is 654 Å². The van der Waals surface area contributed by atoms with Gasteiger partial charge in [-0.25, -0.2) is 0 Å². The number of aryl methyl sites for hydroxylation is 4. The molecule has 0 saturated heterocycles. The summed E-state index contributed by atoms with van der Waals surface area (Å²) in [6.45, 7) is 25.3. The summed E-state index contributed by atoms with van der Waals surface area (Å²) in [4.78, 5) is 0. The molecule has 4 nitrogen and oxygen atoms in total. The third-order valence-corrected chi connectivity index (χ3v) is 21.8. The second-order valence-electron chi connectivity index (χ2n) is 31.4. The quantitative estimate of drug-likeness (QED) is 0.0281. The Morgan fingerprint density at radius 2 is 0.439 bits per heavy atom. The van der Waals surface area contributed by atoms with Crippen molar-refractivity contribution in [2.24, 2.45) is 0 Å². The Kier molecular flexibility index (Phi) is 42.2. The smallest absolute Gasteiger partial charge is 0.127 e. The summed E-state index contributed by atoms with van der Waals surface area (Å²) < 4.78 is 26.6. The molecule has 0 spiro atoms. The van der Waals surface area contributed by atoms with Gasteiger partial charge in [0, 0.05) is 27.7 Å². The average Bonchev–Trinajstić information content (AvgIpc) is 1.57. The van der Waals surface area contributed by atoms with Crippen molar-refractivity contribution in [1.82, 2.24) is 0 Å². The normalized spacial score (nSPS) is 12.4. The van der Waals surface area contributed by atoms with Gasteiger partial charge in [0.05, 0.1) is 26.4 Å². The van der Waals surface area contributed by atoms with Gasteiger partial charge in [0.1, 0.15) is 23.0 Å². The first-order chi connectivity index (χ1) is 52.5. The third-order valence-electron chi connectivity index (χ3n) is 21.8. The lowest BCUT2D eigenvalue weighted by Crippen LogP contribution is -2.25. The SMILES string of the molecule is CCCCCCCCC1(CCCCCCCC)c2cc(C)ccc2-c2ccc(C)cc21.CCCCCCCCOc1cc(/C=C/c2ccc(/C=C/c3cc(OCCCCCCCC)c(/C=C/c4ccc(C)cc4)cc3OCCCCCCCC)cc2)c(OCCCCCCCC)cc1/C=C/c1ccc(C)cc1. The van der Waals surface area contributed by atoms with Gasteiger partial charge in [-0.1, -0.05) is 427 Å². The molecule has 0 amide bonds. The first-order valence-corrected chi connectivity index (χ1v) is 43.6. The summed E-state index contributed by atoms with van der Waals surface area (Å²) in [5.74, 6) is 3.57. The molecule has 4 heteroatoms. The predicted molar refractivity (Wildman–Crippen MR) is 471 cm³/mol. The molecule has 1 aliphatic rings. The molecule has 0 aromatic heterocycles. The maximum absolute atomic E-state index is 6.66. The van der Waals surface area contributed by atoms with Crippen molar-refractivity contribution in [3.05, 3.63) is 211 Å². The van der Waals surface area contributed by atoms with E-state index < -0.39 is 0 Å². The zero-order valence-corrected chi connectivity index (χ0v) is 69.2. The molecule has 0 aliphatic heterocycles. The second-order valence-corrected chi connectivity index (χ2v) is 31.4. The highest BCUT2D eigenvalue weighted by molar-refractivity contribution is 5.83. The zero-order valence-electron chi connectivity index (χ0n) is 69.2. The van der Waals surface area contributed by atoms with Crippen molar-refractivity contribution < 1.29 is 18.9 Å². The standard InChI is InChI=1S/C72H98O4.C31H46/c1-7-11-15-19-23-27-51-73-69-57-67(71(75-53-29-25-21-17-13-9-3)55-65(69)47-43-61-35-31-59(5)32-36-61)49-45-63-39-41-64(42-40-63)46-50-68-58-70(74-52-28-24-20-16-12-8-2)66(48-44-62-37-33-60(6)34-38-62)56-72(68)76-54-30-26-22-18-14-10-4;1-5-7-9-11-13-15-21-31(22-16-14-12-10-8-6-2)29-23-25(3)17-19-27(29)28-20-18-26(4)24-30(28)31/h31-50,55-58H,7-30,51-54H2,1-6H3;17-20,23-24H,5-16,21-22H2,1-4H3/b47-43+,48-44+,49-45+,50-46+;. The molecule has 7 aromatic rings. The average molecular weight is 1450 g/mol. The second kappa shape index (κ2) is 51.9. The largest absolute Gasteiger partial charge is 0.493 e. The number of benzene rings is 7. The molecule has 0 bridgehead atoms. The molecule has 0 radical (unpaired) electrons.